The second-order valence-corrected chi connectivity index (χ2v) is 13.8. The average Bonchev–Trinajstić information content (AvgIpc) is 2.56. The summed E-state index contributed by atoms with van der Waals surface area (Å²) < 4.78 is 11.8. The molecule has 4 atom stereocenters. The van der Waals surface area contributed by atoms with Crippen molar-refractivity contribution < 1.29 is 18.8 Å². The van der Waals surface area contributed by atoms with Gasteiger partial charge in [0.05, 0.1) is 24.0 Å². The van der Waals surface area contributed by atoms with Crippen LogP contribution in [0.2, 0.25) is 18.1 Å². The van der Waals surface area contributed by atoms with Crippen molar-refractivity contribution in [3.05, 3.63) is 35.9 Å². The molecule has 0 radical (unpaired) electrons. The maximum Gasteiger partial charge on any atom is 0.311 e. The average molecular weight is 392 g/mol. The highest BCUT2D eigenvalue weighted by atomic mass is 28.4. The maximum atomic E-state index is 12.5. The largest absolute Gasteiger partial charge is 0.461 e. The van der Waals surface area contributed by atoms with Gasteiger partial charge in [-0.2, -0.15) is 0 Å². The zero-order chi connectivity index (χ0) is 20.4. The van der Waals surface area contributed by atoms with Gasteiger partial charge in [0.2, 0.25) is 5.91 Å². The zero-order valence-corrected chi connectivity index (χ0v) is 18.5. The Bertz CT molecular complexity index is 669. The van der Waals surface area contributed by atoms with E-state index in [4.69, 9.17) is 9.16 Å². The van der Waals surface area contributed by atoms with E-state index in [0.29, 0.717) is 0 Å². The fourth-order valence-corrected chi connectivity index (χ4v) is 4.51. The summed E-state index contributed by atoms with van der Waals surface area (Å²) in [6.45, 7) is 14.9. The number of amides is 1. The molecular formula is C21H33NO4Si. The minimum absolute atomic E-state index is 0.0473. The number of carbonyl (C=O) groups excluding carboxylic acids is 2. The number of nitrogens with one attached hydrogen (secondary N) is 1. The molecule has 1 saturated heterocycles. The van der Waals surface area contributed by atoms with Crippen molar-refractivity contribution in [2.45, 2.75) is 71.5 Å². The predicted molar refractivity (Wildman–Crippen MR) is 109 cm³/mol. The lowest BCUT2D eigenvalue weighted by Gasteiger charge is -2.46. The van der Waals surface area contributed by atoms with Crippen LogP contribution in [0.15, 0.2) is 30.3 Å². The summed E-state index contributed by atoms with van der Waals surface area (Å²) in [4.78, 5) is 24.7. The lowest BCUT2D eigenvalue weighted by Crippen LogP contribution is -2.66. The maximum absolute atomic E-state index is 12.5. The number of esters is 1. The van der Waals surface area contributed by atoms with Gasteiger partial charge < -0.3 is 14.5 Å². The molecular weight excluding hydrogens is 358 g/mol. The molecule has 0 aromatic heterocycles. The Morgan fingerprint density at radius 3 is 2.30 bits per heavy atom. The molecule has 150 valence electrons. The lowest BCUT2D eigenvalue weighted by molar-refractivity contribution is -0.156. The Labute approximate surface area is 164 Å². The molecule has 1 N–H and O–H groups in total. The summed E-state index contributed by atoms with van der Waals surface area (Å²) in [7, 11) is -1.99. The molecule has 2 rings (SSSR count). The van der Waals surface area contributed by atoms with E-state index in [-0.39, 0.29) is 41.6 Å². The first-order chi connectivity index (χ1) is 12.4. The first-order valence-corrected chi connectivity index (χ1v) is 12.5. The molecule has 6 heteroatoms. The summed E-state index contributed by atoms with van der Waals surface area (Å²) in [6, 6.07) is 9.33. The molecule has 1 fully saturated rings. The number of benzene rings is 1. The van der Waals surface area contributed by atoms with Gasteiger partial charge in [0.25, 0.3) is 0 Å². The van der Waals surface area contributed by atoms with E-state index in [0.717, 1.165) is 5.56 Å². The van der Waals surface area contributed by atoms with Crippen LogP contribution in [0.4, 0.5) is 0 Å². The number of rotatable bonds is 7. The number of hydrogen-bond donors (Lipinski definition) is 1. The number of hydrogen-bond acceptors (Lipinski definition) is 4. The van der Waals surface area contributed by atoms with Crippen molar-refractivity contribution in [3.63, 3.8) is 0 Å². The molecule has 1 aliphatic rings. The summed E-state index contributed by atoms with van der Waals surface area (Å²) in [5, 5.41) is 2.94. The molecule has 0 unspecified atom stereocenters. The van der Waals surface area contributed by atoms with Crippen molar-refractivity contribution in [1.29, 1.82) is 0 Å². The van der Waals surface area contributed by atoms with E-state index >= 15 is 0 Å². The standard InChI is InChI=1S/C21H33NO4Si/c1-14(20(24)25-13-16-11-9-8-10-12-16)18-17(19(23)22-18)15(2)26-27(6,7)21(3,4)5/h8-12,14-15,17-18H,13H2,1-7H3,(H,22,23)/t14-,15-,17-,18-/m1/s1. The summed E-state index contributed by atoms with van der Waals surface area (Å²) in [5.74, 6) is -1.08. The number of carbonyl (C=O) groups is 2. The summed E-state index contributed by atoms with van der Waals surface area (Å²) >= 11 is 0. The monoisotopic (exact) mass is 391 g/mol. The van der Waals surface area contributed by atoms with E-state index in [1.165, 1.54) is 0 Å². The normalized spacial score (nSPS) is 22.4. The molecule has 1 heterocycles. The van der Waals surface area contributed by atoms with Gasteiger partial charge in [0, 0.05) is 0 Å². The van der Waals surface area contributed by atoms with Crippen LogP contribution in [0.5, 0.6) is 0 Å². The molecule has 1 aromatic rings. The smallest absolute Gasteiger partial charge is 0.311 e. The highest BCUT2D eigenvalue weighted by Gasteiger charge is 2.50. The first-order valence-electron chi connectivity index (χ1n) is 9.63. The van der Waals surface area contributed by atoms with Gasteiger partial charge in [0.15, 0.2) is 8.32 Å². The Morgan fingerprint density at radius 1 is 1.19 bits per heavy atom. The molecule has 0 saturated carbocycles. The fraction of sp³-hybridized carbons (Fsp3) is 0.619. The summed E-state index contributed by atoms with van der Waals surface area (Å²) in [5.41, 5.74) is 0.946. The molecule has 0 bridgehead atoms. The van der Waals surface area contributed by atoms with E-state index in [2.05, 4.69) is 39.2 Å². The quantitative estimate of drug-likeness (QED) is 0.435. The van der Waals surface area contributed by atoms with Gasteiger partial charge >= 0.3 is 5.97 Å². The van der Waals surface area contributed by atoms with Crippen molar-refractivity contribution in [3.8, 4) is 0 Å². The van der Waals surface area contributed by atoms with E-state index in [1.54, 1.807) is 0 Å². The second kappa shape index (κ2) is 8.15. The lowest BCUT2D eigenvalue weighted by atomic mass is 9.79. The minimum Gasteiger partial charge on any atom is -0.461 e. The van der Waals surface area contributed by atoms with Crippen LogP contribution < -0.4 is 5.32 Å². The van der Waals surface area contributed by atoms with Crippen LogP contribution in [-0.2, 0) is 25.4 Å². The molecule has 0 spiro atoms. The summed E-state index contributed by atoms with van der Waals surface area (Å²) in [6.07, 6.45) is -0.228. The fourth-order valence-electron chi connectivity index (χ4n) is 3.08. The van der Waals surface area contributed by atoms with Crippen LogP contribution in [0, 0.1) is 11.8 Å². The minimum atomic E-state index is -1.99. The molecule has 5 nitrogen and oxygen atoms in total. The van der Waals surface area contributed by atoms with Crippen LogP contribution >= 0.6 is 0 Å². The van der Waals surface area contributed by atoms with Gasteiger partial charge in [-0.05, 0) is 37.5 Å². The molecule has 27 heavy (non-hydrogen) atoms. The second-order valence-electron chi connectivity index (χ2n) is 9.03. The number of β-lactam (4-membered cyclic amide) rings is 1. The van der Waals surface area contributed by atoms with E-state index < -0.39 is 14.2 Å². The highest BCUT2D eigenvalue weighted by molar-refractivity contribution is 6.74. The van der Waals surface area contributed by atoms with Crippen LogP contribution in [0.25, 0.3) is 0 Å². The predicted octanol–water partition coefficient (Wildman–Crippen LogP) is 3.89. The van der Waals surface area contributed by atoms with Crippen molar-refractivity contribution in [1.82, 2.24) is 5.32 Å². The molecule has 1 amide bonds. The first kappa shape index (κ1) is 21.6. The Kier molecular flexibility index (Phi) is 6.53. The van der Waals surface area contributed by atoms with Crippen LogP contribution in [0.3, 0.4) is 0 Å². The molecule has 1 aromatic carbocycles. The van der Waals surface area contributed by atoms with Crippen LogP contribution in [-0.4, -0.2) is 32.3 Å². The van der Waals surface area contributed by atoms with Crippen molar-refractivity contribution in [2.75, 3.05) is 0 Å². The van der Waals surface area contributed by atoms with E-state index in [1.807, 2.05) is 44.2 Å². The highest BCUT2D eigenvalue weighted by Crippen LogP contribution is 2.39. The van der Waals surface area contributed by atoms with Gasteiger partial charge in [0.1, 0.15) is 6.61 Å². The molecule has 0 aliphatic carbocycles. The van der Waals surface area contributed by atoms with E-state index in [9.17, 15) is 9.59 Å². The third kappa shape index (κ3) is 4.99. The molecule has 1 aliphatic heterocycles. The number of ether oxygens (including phenoxy) is 1. The van der Waals surface area contributed by atoms with Gasteiger partial charge in [-0.15, -0.1) is 0 Å². The Morgan fingerprint density at radius 2 is 1.78 bits per heavy atom. The Balaban J connectivity index is 1.96. The van der Waals surface area contributed by atoms with Gasteiger partial charge in [-0.1, -0.05) is 51.1 Å². The zero-order valence-electron chi connectivity index (χ0n) is 17.5. The topological polar surface area (TPSA) is 64.6 Å². The SMILES string of the molecule is C[C@@H](O[Si](C)(C)C(C)(C)C)[C@H]1C(=O)N[C@@H]1[C@@H](C)C(=O)OCc1ccccc1. The Hall–Kier alpha value is -1.66. The van der Waals surface area contributed by atoms with Crippen LogP contribution in [0.1, 0.15) is 40.2 Å². The van der Waals surface area contributed by atoms with Crippen molar-refractivity contribution >= 4 is 20.2 Å². The van der Waals surface area contributed by atoms with Gasteiger partial charge in [-0.25, -0.2) is 0 Å². The third-order valence-electron chi connectivity index (χ3n) is 5.93. The van der Waals surface area contributed by atoms with Gasteiger partial charge in [-0.3, -0.25) is 9.59 Å². The third-order valence-corrected chi connectivity index (χ3v) is 10.5. The van der Waals surface area contributed by atoms with Crippen molar-refractivity contribution in [2.24, 2.45) is 11.8 Å².